The van der Waals surface area contributed by atoms with E-state index < -0.39 is 111 Å². The molecule has 3 aromatic rings. The van der Waals surface area contributed by atoms with E-state index in [1.165, 1.54) is 24.3 Å². The summed E-state index contributed by atoms with van der Waals surface area (Å²) in [7, 11) is 0. The number of hydrogen-bond acceptors (Lipinski definition) is 16. The topological polar surface area (TPSA) is 374 Å². The number of hydrogen-bond donors (Lipinski definition) is 16. The maximum absolute atomic E-state index is 13.6. The Morgan fingerprint density at radius 1 is 0.525 bits per heavy atom. The van der Waals surface area contributed by atoms with Crippen LogP contribution in [0, 0.1) is 10.7 Å². The van der Waals surface area contributed by atoms with Crippen molar-refractivity contribution in [2.45, 2.75) is 55.4 Å². The van der Waals surface area contributed by atoms with Crippen molar-refractivity contribution in [3.63, 3.8) is 0 Å². The van der Waals surface area contributed by atoms with E-state index in [9.17, 15) is 64.8 Å². The highest BCUT2D eigenvalue weighted by Gasteiger charge is 2.34. The first kappa shape index (κ1) is 52.1. The number of carbonyl (C=O) groups excluding carboxylic acids is 5. The van der Waals surface area contributed by atoms with E-state index in [1.807, 2.05) is 0 Å². The van der Waals surface area contributed by atoms with E-state index in [4.69, 9.17) is 15.9 Å². The lowest BCUT2D eigenvalue weighted by molar-refractivity contribution is -0.115. The molecule has 8 atom stereocenters. The highest BCUT2D eigenvalue weighted by Crippen LogP contribution is 2.36. The lowest BCUT2D eigenvalue weighted by atomic mass is 10.0. The average molecular weight is 1190 g/mol. The van der Waals surface area contributed by atoms with Gasteiger partial charge in [0.2, 0.25) is 5.91 Å². The van der Waals surface area contributed by atoms with Gasteiger partial charge in [-0.05, 0) is 110 Å². The molecule has 0 bridgehead atoms. The fourth-order valence-electron chi connectivity index (χ4n) is 5.26. The van der Waals surface area contributed by atoms with Gasteiger partial charge in [-0.25, -0.2) is 0 Å². The number of rotatable bonds is 21. The van der Waals surface area contributed by atoms with Gasteiger partial charge in [0.1, 0.15) is 36.6 Å². The molecule has 17 N–H and O–H groups in total. The fourth-order valence-corrected chi connectivity index (χ4v) is 9.67. The second kappa shape index (κ2) is 24.6. The summed E-state index contributed by atoms with van der Waals surface area (Å²) in [4.78, 5) is 66.1. The van der Waals surface area contributed by atoms with E-state index in [0.29, 0.717) is 17.8 Å². The molecule has 5 amide bonds. The van der Waals surface area contributed by atoms with Crippen molar-refractivity contribution in [2.75, 3.05) is 43.5 Å². The first-order valence-corrected chi connectivity index (χ1v) is 21.2. The number of anilines is 2. The van der Waals surface area contributed by atoms with E-state index >= 15 is 0 Å². The molecule has 0 fully saturated rings. The number of aliphatic hydroxyl groups is 10. The van der Waals surface area contributed by atoms with Crippen LogP contribution in [0.25, 0.3) is 0 Å². The second-order valence-corrected chi connectivity index (χ2v) is 16.5. The van der Waals surface area contributed by atoms with Gasteiger partial charge in [-0.2, -0.15) is 0 Å². The van der Waals surface area contributed by atoms with Gasteiger partial charge in [-0.3, -0.25) is 24.0 Å². The van der Waals surface area contributed by atoms with Gasteiger partial charge in [-0.15, -0.1) is 0 Å². The minimum absolute atomic E-state index is 0.0339. The maximum atomic E-state index is 13.6. The minimum atomic E-state index is -2.02. The molecule has 3 rings (SSSR count). The third-order valence-electron chi connectivity index (χ3n) is 8.90. The molecule has 21 nitrogen and oxygen atoms in total. The Morgan fingerprint density at radius 3 is 1.36 bits per heavy atom. The molecule has 0 saturated carbocycles. The number of halogens is 3. The third-order valence-corrected chi connectivity index (χ3v) is 12.1. The van der Waals surface area contributed by atoms with Crippen LogP contribution in [0.4, 0.5) is 11.4 Å². The van der Waals surface area contributed by atoms with Crippen LogP contribution in [0.5, 0.6) is 0 Å². The Kier molecular flexibility index (Phi) is 21.0. The quantitative estimate of drug-likeness (QED) is 0.0470. The third kappa shape index (κ3) is 14.1. The van der Waals surface area contributed by atoms with Gasteiger partial charge in [0, 0.05) is 40.0 Å². The molecule has 3 aromatic carbocycles. The molecule has 0 heterocycles. The van der Waals surface area contributed by atoms with Gasteiger partial charge in [0.15, 0.2) is 0 Å². The molecule has 0 saturated heterocycles. The number of amides is 5. The lowest BCUT2D eigenvalue weighted by Crippen LogP contribution is -2.50. The predicted molar refractivity (Wildman–Crippen MR) is 241 cm³/mol. The van der Waals surface area contributed by atoms with Crippen molar-refractivity contribution >= 4 is 109 Å². The standard InChI is InChI=1S/C37H45I3N6O15/c38-26-24(36(60)42-10-19(49)30(54)32(56)21(51)13-47)27(39)29(28(40)25(26)37(61)43-11-20(50)31(55)33(57)22(52)14-48)46-23(53)12-44-34(58)16-5-7-18(8-6-16)45-35(59)17-3-1-15(9-41)2-4-17/h1-8,19-22,30-33,47-52,54-57H,9-14,41H2,(H,42,60)(H,43,61)(H,44,58)(H,45,59)(H,46,53). The number of nitrogens with one attached hydrogen (secondary N) is 5. The monoisotopic (exact) mass is 1190 g/mol. The van der Waals surface area contributed by atoms with Crippen molar-refractivity contribution in [3.8, 4) is 0 Å². The molecule has 8 unspecified atom stereocenters. The molecule has 334 valence electrons. The molecule has 24 heteroatoms. The van der Waals surface area contributed by atoms with E-state index in [0.717, 1.165) is 5.56 Å². The van der Waals surface area contributed by atoms with Crippen molar-refractivity contribution in [1.29, 1.82) is 0 Å². The van der Waals surface area contributed by atoms with Gasteiger partial charge in [-0.1, -0.05) is 12.1 Å². The molecule has 0 radical (unpaired) electrons. The van der Waals surface area contributed by atoms with Gasteiger partial charge >= 0.3 is 0 Å². The summed E-state index contributed by atoms with van der Waals surface area (Å²) < 4.78 is 0.0688. The van der Waals surface area contributed by atoms with Crippen LogP contribution in [-0.4, -0.2) is 162 Å². The summed E-state index contributed by atoms with van der Waals surface area (Å²) >= 11 is 5.06. The number of benzene rings is 3. The molecular formula is C37H45I3N6O15. The maximum Gasteiger partial charge on any atom is 0.255 e. The summed E-state index contributed by atoms with van der Waals surface area (Å²) in [6.07, 6.45) is -15.4. The van der Waals surface area contributed by atoms with E-state index in [-0.39, 0.29) is 33.1 Å². The Hall–Kier alpha value is -3.24. The Morgan fingerprint density at radius 2 is 0.934 bits per heavy atom. The molecule has 0 aliphatic rings. The highest BCUT2D eigenvalue weighted by molar-refractivity contribution is 14.1. The predicted octanol–water partition coefficient (Wildman–Crippen LogP) is -3.09. The molecular weight excluding hydrogens is 1150 g/mol. The van der Waals surface area contributed by atoms with Crippen LogP contribution in [0.1, 0.15) is 47.0 Å². The van der Waals surface area contributed by atoms with Crippen LogP contribution in [0.3, 0.4) is 0 Å². The highest BCUT2D eigenvalue weighted by atomic mass is 127. The fraction of sp³-hybridized carbons (Fsp3) is 0.378. The van der Waals surface area contributed by atoms with E-state index in [1.54, 1.807) is 92.0 Å². The normalized spacial score (nSPS) is 15.2. The van der Waals surface area contributed by atoms with Gasteiger partial charge in [0.05, 0.1) is 55.9 Å². The summed E-state index contributed by atoms with van der Waals surface area (Å²) in [5.74, 6) is -3.82. The first-order chi connectivity index (χ1) is 28.8. The van der Waals surface area contributed by atoms with Crippen LogP contribution >= 0.6 is 67.8 Å². The smallest absolute Gasteiger partial charge is 0.255 e. The Labute approximate surface area is 388 Å². The van der Waals surface area contributed by atoms with Crippen molar-refractivity contribution in [1.82, 2.24) is 16.0 Å². The zero-order valence-corrected chi connectivity index (χ0v) is 38.2. The summed E-state index contributed by atoms with van der Waals surface area (Å²) in [6, 6.07) is 12.5. The molecule has 0 aliphatic heterocycles. The molecule has 0 aliphatic carbocycles. The number of aliphatic hydroxyl groups excluding tert-OH is 10. The summed E-state index contributed by atoms with van der Waals surface area (Å²) in [5.41, 5.74) is 6.77. The molecule has 0 spiro atoms. The largest absolute Gasteiger partial charge is 0.394 e. The van der Waals surface area contributed by atoms with Gasteiger partial charge < -0.3 is 83.4 Å². The molecule has 61 heavy (non-hydrogen) atoms. The molecule has 0 aromatic heterocycles. The average Bonchev–Trinajstić information content (AvgIpc) is 3.26. The van der Waals surface area contributed by atoms with Crippen molar-refractivity contribution in [3.05, 3.63) is 87.1 Å². The van der Waals surface area contributed by atoms with Crippen LogP contribution in [0.2, 0.25) is 0 Å². The van der Waals surface area contributed by atoms with Crippen molar-refractivity contribution in [2.24, 2.45) is 5.73 Å². The van der Waals surface area contributed by atoms with Crippen molar-refractivity contribution < 1.29 is 75.0 Å². The van der Waals surface area contributed by atoms with E-state index in [2.05, 4.69) is 26.6 Å². The lowest BCUT2D eigenvalue weighted by Gasteiger charge is -2.26. The summed E-state index contributed by atoms with van der Waals surface area (Å²) in [5, 5.41) is 111. The second-order valence-electron chi connectivity index (χ2n) is 13.2. The zero-order chi connectivity index (χ0) is 45.7. The SMILES string of the molecule is NCc1ccc(C(=O)Nc2ccc(C(=O)NCC(=O)Nc3c(I)c(C(=O)NCC(O)C(O)C(O)C(O)CO)c(I)c(C(=O)NCC(O)C(O)C(O)C(O)CO)c3I)cc2)cc1. The minimum Gasteiger partial charge on any atom is -0.394 e. The Balaban J connectivity index is 1.83. The first-order valence-electron chi connectivity index (χ1n) is 18.0. The number of carbonyl (C=O) groups is 5. The number of nitrogens with two attached hydrogens (primary N) is 1. The van der Waals surface area contributed by atoms with Crippen LogP contribution < -0.4 is 32.3 Å². The Bertz CT molecular complexity index is 1940. The van der Waals surface area contributed by atoms with Gasteiger partial charge in [0.25, 0.3) is 23.6 Å². The van der Waals surface area contributed by atoms with Crippen LogP contribution in [-0.2, 0) is 11.3 Å². The van der Waals surface area contributed by atoms with Crippen LogP contribution in [0.15, 0.2) is 48.5 Å². The zero-order valence-electron chi connectivity index (χ0n) is 31.7. The summed E-state index contributed by atoms with van der Waals surface area (Å²) in [6.45, 7) is -3.62.